The first kappa shape index (κ1) is 13.9. The van der Waals surface area contributed by atoms with Crippen molar-refractivity contribution in [1.82, 2.24) is 0 Å². The van der Waals surface area contributed by atoms with Gasteiger partial charge in [0.05, 0.1) is 13.2 Å². The lowest BCUT2D eigenvalue weighted by Crippen LogP contribution is -2.11. The first-order chi connectivity index (χ1) is 7.69. The van der Waals surface area contributed by atoms with Crippen LogP contribution in [0.1, 0.15) is 11.9 Å². The fraction of sp³-hybridized carbons (Fsp3) is 0.455. The van der Waals surface area contributed by atoms with Crippen LogP contribution in [0.3, 0.4) is 0 Å². The fourth-order valence-corrected chi connectivity index (χ4v) is 1.80. The predicted octanol–water partition coefficient (Wildman–Crippen LogP) is 3.41. The van der Waals surface area contributed by atoms with Crippen molar-refractivity contribution in [3.63, 3.8) is 0 Å². The smallest absolute Gasteiger partial charge is 0.185 e. The summed E-state index contributed by atoms with van der Waals surface area (Å²) < 4.78 is 16.6. The topological polar surface area (TPSA) is 27.7 Å². The molecule has 1 rings (SSSR count). The normalized spacial score (nSPS) is 12.8. The van der Waals surface area contributed by atoms with E-state index in [1.54, 1.807) is 20.3 Å². The standard InChI is InChI=1S/C11H14BrClO3/c1-14-5-6-16-11(15-2)9-7-8(12)3-4-10(9)13/h3-4,7,11H,5-6H2,1-2H3. The van der Waals surface area contributed by atoms with Crippen LogP contribution in [0.2, 0.25) is 5.02 Å². The number of ether oxygens (including phenoxy) is 3. The molecule has 1 atom stereocenters. The molecule has 0 amide bonds. The third kappa shape index (κ3) is 4.03. The SMILES string of the molecule is COCCOC(OC)c1cc(Br)ccc1Cl. The molecule has 1 aromatic carbocycles. The van der Waals surface area contributed by atoms with Crippen molar-refractivity contribution in [3.05, 3.63) is 33.3 Å². The van der Waals surface area contributed by atoms with Gasteiger partial charge in [-0.25, -0.2) is 0 Å². The molecule has 90 valence electrons. The molecule has 0 spiro atoms. The molecule has 0 radical (unpaired) electrons. The van der Waals surface area contributed by atoms with E-state index in [4.69, 9.17) is 25.8 Å². The van der Waals surface area contributed by atoms with Crippen molar-refractivity contribution in [2.75, 3.05) is 27.4 Å². The van der Waals surface area contributed by atoms with Gasteiger partial charge in [0.25, 0.3) is 0 Å². The highest BCUT2D eigenvalue weighted by atomic mass is 79.9. The Hall–Kier alpha value is -0.130. The number of hydrogen-bond acceptors (Lipinski definition) is 3. The van der Waals surface area contributed by atoms with E-state index in [1.165, 1.54) is 0 Å². The summed E-state index contributed by atoms with van der Waals surface area (Å²) in [7, 11) is 3.20. The highest BCUT2D eigenvalue weighted by molar-refractivity contribution is 9.10. The summed E-state index contributed by atoms with van der Waals surface area (Å²) in [4.78, 5) is 0. The van der Waals surface area contributed by atoms with Gasteiger partial charge in [-0.3, -0.25) is 0 Å². The zero-order valence-electron chi connectivity index (χ0n) is 9.20. The average molecular weight is 310 g/mol. The monoisotopic (exact) mass is 308 g/mol. The Bertz CT molecular complexity index is 333. The third-order valence-corrected chi connectivity index (χ3v) is 2.82. The molecule has 0 saturated heterocycles. The molecule has 3 nitrogen and oxygen atoms in total. The Kier molecular flexibility index (Phi) is 6.31. The maximum absolute atomic E-state index is 6.07. The maximum Gasteiger partial charge on any atom is 0.185 e. The van der Waals surface area contributed by atoms with Crippen LogP contribution >= 0.6 is 27.5 Å². The maximum atomic E-state index is 6.07. The van der Waals surface area contributed by atoms with E-state index in [2.05, 4.69) is 15.9 Å². The molecule has 0 fully saturated rings. The first-order valence-electron chi connectivity index (χ1n) is 4.77. The second kappa shape index (κ2) is 7.25. The van der Waals surface area contributed by atoms with E-state index >= 15 is 0 Å². The summed E-state index contributed by atoms with van der Waals surface area (Å²) >= 11 is 9.45. The molecule has 0 N–H and O–H groups in total. The Morgan fingerprint density at radius 1 is 1.31 bits per heavy atom. The highest BCUT2D eigenvalue weighted by Gasteiger charge is 2.14. The zero-order chi connectivity index (χ0) is 12.0. The summed E-state index contributed by atoms with van der Waals surface area (Å²) in [5, 5.41) is 0.618. The lowest BCUT2D eigenvalue weighted by molar-refractivity contribution is -0.135. The van der Waals surface area contributed by atoms with E-state index in [0.29, 0.717) is 18.2 Å². The minimum Gasteiger partial charge on any atom is -0.382 e. The Morgan fingerprint density at radius 3 is 2.69 bits per heavy atom. The average Bonchev–Trinajstić information content (AvgIpc) is 2.28. The molecule has 0 aliphatic heterocycles. The molecule has 16 heavy (non-hydrogen) atoms. The van der Waals surface area contributed by atoms with Crippen LogP contribution in [0.5, 0.6) is 0 Å². The minimum absolute atomic E-state index is 0.456. The lowest BCUT2D eigenvalue weighted by atomic mass is 10.2. The van der Waals surface area contributed by atoms with Crippen molar-refractivity contribution in [1.29, 1.82) is 0 Å². The van der Waals surface area contributed by atoms with E-state index in [0.717, 1.165) is 10.0 Å². The van der Waals surface area contributed by atoms with E-state index in [9.17, 15) is 0 Å². The third-order valence-electron chi connectivity index (χ3n) is 1.98. The number of halogens is 2. The van der Waals surface area contributed by atoms with Crippen LogP contribution < -0.4 is 0 Å². The molecule has 1 aromatic rings. The van der Waals surface area contributed by atoms with E-state index in [1.807, 2.05) is 12.1 Å². The number of rotatable bonds is 6. The van der Waals surface area contributed by atoms with Crippen molar-refractivity contribution in [3.8, 4) is 0 Å². The molecule has 0 aromatic heterocycles. The van der Waals surface area contributed by atoms with Gasteiger partial charge < -0.3 is 14.2 Å². The molecular formula is C11H14BrClO3. The number of benzene rings is 1. The Labute approximate surface area is 109 Å². The van der Waals surface area contributed by atoms with Crippen LogP contribution in [0, 0.1) is 0 Å². The second-order valence-electron chi connectivity index (χ2n) is 3.10. The van der Waals surface area contributed by atoms with Gasteiger partial charge in [0.2, 0.25) is 0 Å². The fourth-order valence-electron chi connectivity index (χ4n) is 1.22. The summed E-state index contributed by atoms with van der Waals surface area (Å²) in [5.74, 6) is 0. The van der Waals surface area contributed by atoms with Gasteiger partial charge in [0.1, 0.15) is 0 Å². The molecule has 1 unspecified atom stereocenters. The van der Waals surface area contributed by atoms with Crippen LogP contribution in [-0.2, 0) is 14.2 Å². The molecule has 0 aliphatic carbocycles. The molecule has 0 bridgehead atoms. The summed E-state index contributed by atoms with van der Waals surface area (Å²) in [6.45, 7) is 0.976. The van der Waals surface area contributed by atoms with Crippen LogP contribution in [0.15, 0.2) is 22.7 Å². The molecule has 0 aliphatic rings. The van der Waals surface area contributed by atoms with Crippen molar-refractivity contribution >= 4 is 27.5 Å². The van der Waals surface area contributed by atoms with Crippen LogP contribution in [0.25, 0.3) is 0 Å². The second-order valence-corrected chi connectivity index (χ2v) is 4.42. The Morgan fingerprint density at radius 2 is 2.06 bits per heavy atom. The van der Waals surface area contributed by atoms with E-state index < -0.39 is 6.29 Å². The molecular weight excluding hydrogens is 295 g/mol. The summed E-state index contributed by atoms with van der Waals surface area (Å²) in [6, 6.07) is 5.55. The van der Waals surface area contributed by atoms with Gasteiger partial charge >= 0.3 is 0 Å². The predicted molar refractivity (Wildman–Crippen MR) is 66.7 cm³/mol. The van der Waals surface area contributed by atoms with E-state index in [-0.39, 0.29) is 0 Å². The van der Waals surface area contributed by atoms with Gasteiger partial charge in [0, 0.05) is 29.3 Å². The minimum atomic E-state index is -0.472. The first-order valence-corrected chi connectivity index (χ1v) is 5.94. The molecule has 5 heteroatoms. The summed E-state index contributed by atoms with van der Waals surface area (Å²) in [5.41, 5.74) is 0.801. The molecule has 0 heterocycles. The van der Waals surface area contributed by atoms with Gasteiger partial charge in [-0.1, -0.05) is 27.5 Å². The van der Waals surface area contributed by atoms with Gasteiger partial charge in [-0.15, -0.1) is 0 Å². The Balaban J connectivity index is 2.73. The lowest BCUT2D eigenvalue weighted by Gasteiger charge is -2.17. The van der Waals surface area contributed by atoms with Gasteiger partial charge in [0.15, 0.2) is 6.29 Å². The quantitative estimate of drug-likeness (QED) is 0.595. The van der Waals surface area contributed by atoms with Crippen molar-refractivity contribution < 1.29 is 14.2 Å². The largest absolute Gasteiger partial charge is 0.382 e. The summed E-state index contributed by atoms with van der Waals surface area (Å²) in [6.07, 6.45) is -0.472. The molecule has 0 saturated carbocycles. The number of hydrogen-bond donors (Lipinski definition) is 0. The van der Waals surface area contributed by atoms with Crippen molar-refractivity contribution in [2.45, 2.75) is 6.29 Å². The highest BCUT2D eigenvalue weighted by Crippen LogP contribution is 2.29. The number of methoxy groups -OCH3 is 2. The van der Waals surface area contributed by atoms with Gasteiger partial charge in [-0.05, 0) is 18.2 Å². The van der Waals surface area contributed by atoms with Gasteiger partial charge in [-0.2, -0.15) is 0 Å². The van der Waals surface area contributed by atoms with Crippen molar-refractivity contribution in [2.24, 2.45) is 0 Å². The van der Waals surface area contributed by atoms with Crippen LogP contribution in [0.4, 0.5) is 0 Å². The van der Waals surface area contributed by atoms with Crippen LogP contribution in [-0.4, -0.2) is 27.4 Å². The zero-order valence-corrected chi connectivity index (χ0v) is 11.5.